The molecule has 1 atom stereocenters. The van der Waals surface area contributed by atoms with Gasteiger partial charge in [-0.1, -0.05) is 30.3 Å². The van der Waals surface area contributed by atoms with Gasteiger partial charge >= 0.3 is 0 Å². The van der Waals surface area contributed by atoms with Crippen molar-refractivity contribution >= 4 is 0 Å². The van der Waals surface area contributed by atoms with Crippen molar-refractivity contribution < 1.29 is 4.74 Å². The van der Waals surface area contributed by atoms with Crippen molar-refractivity contribution in [1.29, 1.82) is 0 Å². The summed E-state index contributed by atoms with van der Waals surface area (Å²) in [6, 6.07) is 11.6. The molecule has 1 aromatic rings. The summed E-state index contributed by atoms with van der Waals surface area (Å²) in [5.74, 6) is 0.631. The van der Waals surface area contributed by atoms with Crippen molar-refractivity contribution in [2.75, 3.05) is 20.3 Å². The summed E-state index contributed by atoms with van der Waals surface area (Å²) in [5, 5.41) is 3.64. The van der Waals surface area contributed by atoms with Crippen molar-refractivity contribution in [2.24, 2.45) is 0 Å². The Hall–Kier alpha value is -0.860. The summed E-state index contributed by atoms with van der Waals surface area (Å²) in [6.07, 6.45) is 5.07. The van der Waals surface area contributed by atoms with E-state index in [2.05, 4.69) is 35.6 Å². The zero-order valence-corrected chi connectivity index (χ0v) is 10.7. The smallest absolute Gasteiger partial charge is 0.0462 e. The predicted molar refractivity (Wildman–Crippen MR) is 71.3 cm³/mol. The number of methoxy groups -OCH3 is 1. The first-order chi connectivity index (χ1) is 8.40. The topological polar surface area (TPSA) is 21.3 Å². The van der Waals surface area contributed by atoms with Gasteiger partial charge in [-0.2, -0.15) is 0 Å². The molecule has 1 fully saturated rings. The van der Waals surface area contributed by atoms with E-state index in [9.17, 15) is 0 Å². The molecule has 1 aliphatic carbocycles. The molecular formula is C15H23NO. The first kappa shape index (κ1) is 12.6. The Morgan fingerprint density at radius 2 is 2.06 bits per heavy atom. The molecule has 0 amide bonds. The first-order valence-corrected chi connectivity index (χ1v) is 6.67. The number of benzene rings is 1. The molecule has 0 spiro atoms. The van der Waals surface area contributed by atoms with Gasteiger partial charge in [-0.3, -0.25) is 0 Å². The highest BCUT2D eigenvalue weighted by molar-refractivity contribution is 5.19. The number of hydrogen-bond donors (Lipinski definition) is 1. The van der Waals surface area contributed by atoms with E-state index in [-0.39, 0.29) is 0 Å². The highest BCUT2D eigenvalue weighted by Gasteiger charge is 2.22. The minimum Gasteiger partial charge on any atom is -0.385 e. The zero-order valence-electron chi connectivity index (χ0n) is 10.7. The van der Waals surface area contributed by atoms with Crippen LogP contribution in [0.5, 0.6) is 0 Å². The minimum absolute atomic E-state index is 0.631. The van der Waals surface area contributed by atoms with Gasteiger partial charge in [0, 0.05) is 26.3 Å². The molecule has 0 heterocycles. The fourth-order valence-electron chi connectivity index (χ4n) is 2.18. The number of nitrogens with one attached hydrogen (secondary N) is 1. The van der Waals surface area contributed by atoms with Crippen LogP contribution in [0.4, 0.5) is 0 Å². The van der Waals surface area contributed by atoms with Gasteiger partial charge in [0.15, 0.2) is 0 Å². The number of hydrogen-bond acceptors (Lipinski definition) is 2. The van der Waals surface area contributed by atoms with Crippen LogP contribution >= 0.6 is 0 Å². The van der Waals surface area contributed by atoms with Gasteiger partial charge in [0.25, 0.3) is 0 Å². The Kier molecular flexibility index (Phi) is 5.02. The fourth-order valence-corrected chi connectivity index (χ4v) is 2.18. The molecule has 0 bridgehead atoms. The molecule has 1 aromatic carbocycles. The van der Waals surface area contributed by atoms with E-state index in [0.717, 1.165) is 25.6 Å². The largest absolute Gasteiger partial charge is 0.385 e. The molecule has 94 valence electrons. The highest BCUT2D eigenvalue weighted by atomic mass is 16.5. The second kappa shape index (κ2) is 6.77. The van der Waals surface area contributed by atoms with Gasteiger partial charge in [-0.05, 0) is 37.2 Å². The van der Waals surface area contributed by atoms with E-state index in [4.69, 9.17) is 4.74 Å². The summed E-state index contributed by atoms with van der Waals surface area (Å²) >= 11 is 0. The monoisotopic (exact) mass is 233 g/mol. The summed E-state index contributed by atoms with van der Waals surface area (Å²) in [4.78, 5) is 0. The Morgan fingerprint density at radius 3 is 2.71 bits per heavy atom. The standard InChI is InChI=1S/C15H23NO/c1-17-11-5-8-14(12-16-15-9-10-15)13-6-3-2-4-7-13/h2-4,6-7,14-16H,5,8-12H2,1H3. The van der Waals surface area contributed by atoms with Crippen molar-refractivity contribution in [3.05, 3.63) is 35.9 Å². The highest BCUT2D eigenvalue weighted by Crippen LogP contribution is 2.24. The normalized spacial score (nSPS) is 17.0. The zero-order chi connectivity index (χ0) is 11.9. The van der Waals surface area contributed by atoms with Gasteiger partial charge in [-0.15, -0.1) is 0 Å². The maximum atomic E-state index is 5.15. The van der Waals surface area contributed by atoms with Crippen LogP contribution < -0.4 is 5.32 Å². The van der Waals surface area contributed by atoms with Gasteiger partial charge in [-0.25, -0.2) is 0 Å². The van der Waals surface area contributed by atoms with Crippen LogP contribution in [0.15, 0.2) is 30.3 Å². The predicted octanol–water partition coefficient (Wildman–Crippen LogP) is 2.95. The summed E-state index contributed by atoms with van der Waals surface area (Å²) in [6.45, 7) is 1.98. The molecule has 1 N–H and O–H groups in total. The summed E-state index contributed by atoms with van der Waals surface area (Å²) < 4.78 is 5.15. The van der Waals surface area contributed by atoms with Crippen LogP contribution in [0.3, 0.4) is 0 Å². The van der Waals surface area contributed by atoms with E-state index in [1.807, 2.05) is 0 Å². The van der Waals surface area contributed by atoms with E-state index in [1.54, 1.807) is 7.11 Å². The van der Waals surface area contributed by atoms with E-state index >= 15 is 0 Å². The van der Waals surface area contributed by atoms with Crippen molar-refractivity contribution in [3.8, 4) is 0 Å². The van der Waals surface area contributed by atoms with Gasteiger partial charge in [0.1, 0.15) is 0 Å². The van der Waals surface area contributed by atoms with Crippen molar-refractivity contribution in [1.82, 2.24) is 5.32 Å². The molecule has 0 aliphatic heterocycles. The summed E-state index contributed by atoms with van der Waals surface area (Å²) in [7, 11) is 1.78. The molecule has 0 saturated heterocycles. The van der Waals surface area contributed by atoms with Crippen molar-refractivity contribution in [2.45, 2.75) is 37.6 Å². The lowest BCUT2D eigenvalue weighted by molar-refractivity contribution is 0.190. The van der Waals surface area contributed by atoms with Crippen LogP contribution in [0, 0.1) is 0 Å². The van der Waals surface area contributed by atoms with E-state index in [0.29, 0.717) is 5.92 Å². The third-order valence-electron chi connectivity index (χ3n) is 3.40. The molecule has 0 aromatic heterocycles. The Morgan fingerprint density at radius 1 is 1.29 bits per heavy atom. The lowest BCUT2D eigenvalue weighted by Gasteiger charge is -2.18. The molecule has 17 heavy (non-hydrogen) atoms. The van der Waals surface area contributed by atoms with Crippen LogP contribution in [0.25, 0.3) is 0 Å². The number of rotatable bonds is 8. The Balaban J connectivity index is 1.85. The quantitative estimate of drug-likeness (QED) is 0.697. The van der Waals surface area contributed by atoms with Crippen molar-refractivity contribution in [3.63, 3.8) is 0 Å². The lowest BCUT2D eigenvalue weighted by atomic mass is 9.94. The fraction of sp³-hybridized carbons (Fsp3) is 0.600. The lowest BCUT2D eigenvalue weighted by Crippen LogP contribution is -2.23. The minimum atomic E-state index is 0.631. The molecule has 2 heteroatoms. The molecule has 1 saturated carbocycles. The van der Waals surface area contributed by atoms with Gasteiger partial charge < -0.3 is 10.1 Å². The third kappa shape index (κ3) is 4.49. The second-order valence-corrected chi connectivity index (χ2v) is 4.93. The van der Waals surface area contributed by atoms with Gasteiger partial charge in [0.05, 0.1) is 0 Å². The van der Waals surface area contributed by atoms with Crippen LogP contribution in [-0.2, 0) is 4.74 Å². The molecule has 1 aliphatic rings. The Labute approximate surface area is 104 Å². The first-order valence-electron chi connectivity index (χ1n) is 6.67. The Bertz CT molecular complexity index is 308. The molecule has 2 rings (SSSR count). The van der Waals surface area contributed by atoms with Gasteiger partial charge in [0.2, 0.25) is 0 Å². The molecule has 1 unspecified atom stereocenters. The SMILES string of the molecule is COCCCC(CNC1CC1)c1ccccc1. The number of ether oxygens (including phenoxy) is 1. The third-order valence-corrected chi connectivity index (χ3v) is 3.40. The van der Waals surface area contributed by atoms with E-state index < -0.39 is 0 Å². The average Bonchev–Trinajstić information content (AvgIpc) is 3.19. The maximum absolute atomic E-state index is 5.15. The van der Waals surface area contributed by atoms with Crippen LogP contribution in [-0.4, -0.2) is 26.3 Å². The molecule has 2 nitrogen and oxygen atoms in total. The van der Waals surface area contributed by atoms with Crippen LogP contribution in [0.2, 0.25) is 0 Å². The van der Waals surface area contributed by atoms with Crippen LogP contribution in [0.1, 0.15) is 37.2 Å². The summed E-state index contributed by atoms with van der Waals surface area (Å²) in [5.41, 5.74) is 1.46. The van der Waals surface area contributed by atoms with E-state index in [1.165, 1.54) is 24.8 Å². The second-order valence-electron chi connectivity index (χ2n) is 4.93. The maximum Gasteiger partial charge on any atom is 0.0462 e. The molecule has 0 radical (unpaired) electrons. The molecular weight excluding hydrogens is 210 g/mol. The average molecular weight is 233 g/mol.